The van der Waals surface area contributed by atoms with Crippen molar-refractivity contribution >= 4 is 5.91 Å². The zero-order valence-corrected chi connectivity index (χ0v) is 12.7. The Morgan fingerprint density at radius 2 is 1.68 bits per heavy atom. The highest BCUT2D eigenvalue weighted by Gasteiger charge is 2.19. The van der Waals surface area contributed by atoms with Crippen molar-refractivity contribution in [1.82, 2.24) is 10.2 Å². The summed E-state index contributed by atoms with van der Waals surface area (Å²) in [5.41, 5.74) is 2.47. The fourth-order valence-electron chi connectivity index (χ4n) is 2.21. The van der Waals surface area contributed by atoms with E-state index in [2.05, 4.69) is 43.4 Å². The Kier molecular flexibility index (Phi) is 6.03. The number of hydrogen-bond acceptors (Lipinski definition) is 2. The fourth-order valence-corrected chi connectivity index (χ4v) is 2.21. The van der Waals surface area contributed by atoms with Crippen molar-refractivity contribution in [3.63, 3.8) is 0 Å². The first-order valence-electron chi connectivity index (χ1n) is 7.11. The number of hydrogen-bond donors (Lipinski definition) is 1. The molecule has 19 heavy (non-hydrogen) atoms. The number of nitrogens with one attached hydrogen (secondary N) is 1. The number of aryl methyl sites for hydroxylation is 1. The van der Waals surface area contributed by atoms with Crippen molar-refractivity contribution in [1.29, 1.82) is 0 Å². The molecule has 0 spiro atoms. The van der Waals surface area contributed by atoms with Crippen molar-refractivity contribution in [3.05, 3.63) is 35.4 Å². The predicted molar refractivity (Wildman–Crippen MR) is 80.1 cm³/mol. The molecule has 0 saturated heterocycles. The lowest BCUT2D eigenvalue weighted by Crippen LogP contribution is -2.45. The summed E-state index contributed by atoms with van der Waals surface area (Å²) in [7, 11) is 0. The summed E-state index contributed by atoms with van der Waals surface area (Å²) in [6.45, 7) is 11.7. The Hall–Kier alpha value is -1.35. The van der Waals surface area contributed by atoms with Gasteiger partial charge in [0.25, 0.3) is 0 Å². The SMILES string of the molecule is CCN(CC)C(=O)C(C)N[C@@H](C)c1ccc(C)cc1. The molecule has 3 nitrogen and oxygen atoms in total. The van der Waals surface area contributed by atoms with Gasteiger partial charge in [0.2, 0.25) is 5.91 Å². The second-order valence-electron chi connectivity index (χ2n) is 5.03. The van der Waals surface area contributed by atoms with E-state index in [0.29, 0.717) is 0 Å². The first-order valence-corrected chi connectivity index (χ1v) is 7.11. The molecule has 0 aromatic heterocycles. The van der Waals surface area contributed by atoms with Gasteiger partial charge in [0.15, 0.2) is 0 Å². The topological polar surface area (TPSA) is 32.3 Å². The average molecular weight is 262 g/mol. The van der Waals surface area contributed by atoms with Crippen molar-refractivity contribution < 1.29 is 4.79 Å². The quantitative estimate of drug-likeness (QED) is 0.855. The molecule has 106 valence electrons. The molecule has 1 amide bonds. The van der Waals surface area contributed by atoms with Crippen LogP contribution in [0.1, 0.15) is 44.9 Å². The third kappa shape index (κ3) is 4.35. The van der Waals surface area contributed by atoms with Gasteiger partial charge in [-0.05, 0) is 40.2 Å². The maximum absolute atomic E-state index is 12.2. The number of likely N-dealkylation sites (N-methyl/N-ethyl adjacent to an activating group) is 1. The van der Waals surface area contributed by atoms with Crippen molar-refractivity contribution in [2.24, 2.45) is 0 Å². The Bertz CT molecular complexity index is 396. The number of carbonyl (C=O) groups excluding carboxylic acids is 1. The summed E-state index contributed by atoms with van der Waals surface area (Å²) in [6, 6.07) is 8.45. The van der Waals surface area contributed by atoms with Gasteiger partial charge in [-0.25, -0.2) is 0 Å². The summed E-state index contributed by atoms with van der Waals surface area (Å²) in [4.78, 5) is 14.1. The van der Waals surface area contributed by atoms with Gasteiger partial charge in [0.1, 0.15) is 0 Å². The molecule has 1 unspecified atom stereocenters. The van der Waals surface area contributed by atoms with Gasteiger partial charge >= 0.3 is 0 Å². The lowest BCUT2D eigenvalue weighted by Gasteiger charge is -2.26. The summed E-state index contributed by atoms with van der Waals surface area (Å²) in [5.74, 6) is 0.170. The Balaban J connectivity index is 2.63. The minimum absolute atomic E-state index is 0.156. The minimum Gasteiger partial charge on any atom is -0.342 e. The average Bonchev–Trinajstić information content (AvgIpc) is 2.40. The smallest absolute Gasteiger partial charge is 0.239 e. The zero-order chi connectivity index (χ0) is 14.4. The molecule has 1 N–H and O–H groups in total. The van der Waals surface area contributed by atoms with Crippen LogP contribution in [0.4, 0.5) is 0 Å². The van der Waals surface area contributed by atoms with E-state index < -0.39 is 0 Å². The van der Waals surface area contributed by atoms with Crippen LogP contribution in [-0.2, 0) is 4.79 Å². The van der Waals surface area contributed by atoms with Crippen LogP contribution in [0, 0.1) is 6.92 Å². The zero-order valence-electron chi connectivity index (χ0n) is 12.7. The first kappa shape index (κ1) is 15.7. The number of carbonyl (C=O) groups is 1. The number of benzene rings is 1. The Labute approximate surface area is 117 Å². The van der Waals surface area contributed by atoms with E-state index in [1.165, 1.54) is 11.1 Å². The number of nitrogens with zero attached hydrogens (tertiary/aromatic N) is 1. The van der Waals surface area contributed by atoms with Gasteiger partial charge in [-0.1, -0.05) is 29.8 Å². The van der Waals surface area contributed by atoms with Crippen molar-refractivity contribution in [2.75, 3.05) is 13.1 Å². The van der Waals surface area contributed by atoms with Gasteiger partial charge in [-0.2, -0.15) is 0 Å². The second kappa shape index (κ2) is 7.29. The van der Waals surface area contributed by atoms with Crippen LogP contribution in [0.5, 0.6) is 0 Å². The molecule has 0 aliphatic rings. The lowest BCUT2D eigenvalue weighted by atomic mass is 10.1. The molecule has 1 aromatic carbocycles. The van der Waals surface area contributed by atoms with Crippen molar-refractivity contribution in [3.8, 4) is 0 Å². The monoisotopic (exact) mass is 262 g/mol. The molecular weight excluding hydrogens is 236 g/mol. The maximum atomic E-state index is 12.2. The molecule has 0 radical (unpaired) electrons. The van der Waals surface area contributed by atoms with Gasteiger partial charge in [-0.15, -0.1) is 0 Å². The van der Waals surface area contributed by atoms with Crippen LogP contribution >= 0.6 is 0 Å². The Morgan fingerprint density at radius 3 is 2.16 bits per heavy atom. The predicted octanol–water partition coefficient (Wildman–Crippen LogP) is 2.90. The normalized spacial score (nSPS) is 13.9. The molecule has 0 aliphatic heterocycles. The molecule has 0 aliphatic carbocycles. The molecule has 1 aromatic rings. The molecule has 0 heterocycles. The van der Waals surface area contributed by atoms with Crippen LogP contribution < -0.4 is 5.32 Å². The summed E-state index contributed by atoms with van der Waals surface area (Å²) in [5, 5.41) is 3.37. The largest absolute Gasteiger partial charge is 0.342 e. The molecule has 1 rings (SSSR count). The van der Waals surface area contributed by atoms with E-state index in [0.717, 1.165) is 13.1 Å². The minimum atomic E-state index is -0.156. The van der Waals surface area contributed by atoms with Gasteiger partial charge in [0, 0.05) is 19.1 Å². The summed E-state index contributed by atoms with van der Waals surface area (Å²) >= 11 is 0. The molecule has 0 fully saturated rings. The standard InChI is InChI=1S/C16H26N2O/c1-6-18(7-2)16(19)14(5)17-13(4)15-10-8-12(3)9-11-15/h8-11,13-14,17H,6-7H2,1-5H3/t13-,14?/m0/s1. The second-order valence-corrected chi connectivity index (χ2v) is 5.03. The third-order valence-electron chi connectivity index (χ3n) is 3.52. The van der Waals surface area contributed by atoms with Crippen LogP contribution in [0.3, 0.4) is 0 Å². The van der Waals surface area contributed by atoms with E-state index in [4.69, 9.17) is 0 Å². The van der Waals surface area contributed by atoms with E-state index in [1.807, 2.05) is 25.7 Å². The number of rotatable bonds is 6. The van der Waals surface area contributed by atoms with E-state index >= 15 is 0 Å². The van der Waals surface area contributed by atoms with Crippen LogP contribution in [0.15, 0.2) is 24.3 Å². The Morgan fingerprint density at radius 1 is 1.16 bits per heavy atom. The van der Waals surface area contributed by atoms with Gasteiger partial charge < -0.3 is 4.90 Å². The molecule has 0 bridgehead atoms. The summed E-state index contributed by atoms with van der Waals surface area (Å²) < 4.78 is 0. The molecule has 3 heteroatoms. The highest BCUT2D eigenvalue weighted by molar-refractivity contribution is 5.81. The molecule has 0 saturated carbocycles. The van der Waals surface area contributed by atoms with E-state index in [9.17, 15) is 4.79 Å². The lowest BCUT2D eigenvalue weighted by molar-refractivity contribution is -0.132. The highest BCUT2D eigenvalue weighted by atomic mass is 16.2. The van der Waals surface area contributed by atoms with Gasteiger partial charge in [-0.3, -0.25) is 10.1 Å². The van der Waals surface area contributed by atoms with E-state index in [1.54, 1.807) is 0 Å². The van der Waals surface area contributed by atoms with Crippen molar-refractivity contribution in [2.45, 2.75) is 46.7 Å². The number of amides is 1. The first-order chi connectivity index (χ1) is 8.99. The molecular formula is C16H26N2O. The van der Waals surface area contributed by atoms with Gasteiger partial charge in [0.05, 0.1) is 6.04 Å². The van der Waals surface area contributed by atoms with Crippen LogP contribution in [-0.4, -0.2) is 29.9 Å². The van der Waals surface area contributed by atoms with Crippen LogP contribution in [0.25, 0.3) is 0 Å². The maximum Gasteiger partial charge on any atom is 0.239 e. The molecule has 2 atom stereocenters. The highest BCUT2D eigenvalue weighted by Crippen LogP contribution is 2.14. The van der Waals surface area contributed by atoms with Crippen LogP contribution in [0.2, 0.25) is 0 Å². The third-order valence-corrected chi connectivity index (χ3v) is 3.52. The fraction of sp³-hybridized carbons (Fsp3) is 0.562. The summed E-state index contributed by atoms with van der Waals surface area (Å²) in [6.07, 6.45) is 0. The van der Waals surface area contributed by atoms with E-state index in [-0.39, 0.29) is 18.0 Å².